The predicted molar refractivity (Wildman–Crippen MR) is 64.0 cm³/mol. The second kappa shape index (κ2) is 5.12. The molecule has 0 bridgehead atoms. The molecule has 1 rings (SSSR count). The van der Waals surface area contributed by atoms with E-state index in [9.17, 15) is 4.79 Å². The van der Waals surface area contributed by atoms with Crippen molar-refractivity contribution in [1.82, 2.24) is 0 Å². The Labute approximate surface area is 102 Å². The summed E-state index contributed by atoms with van der Waals surface area (Å²) in [6.45, 7) is 0. The lowest BCUT2D eigenvalue weighted by Gasteiger charge is -2.08. The average molecular weight is 271 g/mol. The summed E-state index contributed by atoms with van der Waals surface area (Å²) in [6.07, 6.45) is 0. The lowest BCUT2D eigenvalue weighted by Crippen LogP contribution is -2.13. The van der Waals surface area contributed by atoms with Gasteiger partial charge in [-0.2, -0.15) is 12.6 Å². The molecule has 0 fully saturated rings. The minimum Gasteiger partial charge on any atom is -0.323 e. The van der Waals surface area contributed by atoms with E-state index in [1.165, 1.54) is 12.1 Å². The number of amides is 1. The normalized spacial score (nSPS) is 10.0. The number of benzene rings is 1. The lowest BCUT2D eigenvalue weighted by atomic mass is 10.3. The number of carbonyl (C=O) groups is 1. The first-order valence-corrected chi connectivity index (χ1v) is 5.36. The van der Waals surface area contributed by atoms with Crippen LogP contribution in [0.25, 0.3) is 0 Å². The summed E-state index contributed by atoms with van der Waals surface area (Å²) in [5.41, 5.74) is 0.358. The van der Waals surface area contributed by atoms with Crippen LogP contribution in [0, 0.1) is 0 Å². The third-order valence-electron chi connectivity index (χ3n) is 1.41. The molecule has 0 atom stereocenters. The Bertz CT molecular complexity index is 347. The Morgan fingerprint density at radius 3 is 2.21 bits per heavy atom. The van der Waals surface area contributed by atoms with E-state index in [1.54, 1.807) is 0 Å². The number of rotatable bonds is 2. The minimum atomic E-state index is -0.278. The summed E-state index contributed by atoms with van der Waals surface area (Å²) >= 11 is 21.2. The molecule has 0 heterocycles. The van der Waals surface area contributed by atoms with Crippen LogP contribution < -0.4 is 5.32 Å². The van der Waals surface area contributed by atoms with Gasteiger partial charge >= 0.3 is 0 Å². The number of nitrogens with one attached hydrogen (secondary N) is 1. The van der Waals surface area contributed by atoms with E-state index in [0.29, 0.717) is 20.8 Å². The quantitative estimate of drug-likeness (QED) is 0.791. The van der Waals surface area contributed by atoms with E-state index >= 15 is 0 Å². The van der Waals surface area contributed by atoms with Gasteiger partial charge in [0.2, 0.25) is 5.91 Å². The van der Waals surface area contributed by atoms with Gasteiger partial charge in [0.05, 0.1) is 21.5 Å². The van der Waals surface area contributed by atoms with Gasteiger partial charge < -0.3 is 5.32 Å². The van der Waals surface area contributed by atoms with E-state index in [0.717, 1.165) is 0 Å². The largest absolute Gasteiger partial charge is 0.323 e. The number of hydrogen-bond acceptors (Lipinski definition) is 2. The predicted octanol–water partition coefficient (Wildman–Crippen LogP) is 3.52. The van der Waals surface area contributed by atoms with Gasteiger partial charge in [-0.05, 0) is 12.1 Å². The first-order chi connectivity index (χ1) is 6.54. The highest BCUT2D eigenvalue weighted by atomic mass is 35.5. The maximum absolute atomic E-state index is 11.0. The van der Waals surface area contributed by atoms with Crippen molar-refractivity contribution in [1.29, 1.82) is 0 Å². The van der Waals surface area contributed by atoms with Crippen LogP contribution >= 0.6 is 47.4 Å². The van der Waals surface area contributed by atoms with Crippen molar-refractivity contribution in [3.63, 3.8) is 0 Å². The van der Waals surface area contributed by atoms with Crippen molar-refractivity contribution in [3.05, 3.63) is 27.2 Å². The van der Waals surface area contributed by atoms with Crippen LogP contribution in [-0.2, 0) is 4.79 Å². The molecule has 0 unspecified atom stereocenters. The van der Waals surface area contributed by atoms with Gasteiger partial charge in [-0.15, -0.1) is 0 Å². The molecule has 2 nitrogen and oxygen atoms in total. The van der Waals surface area contributed by atoms with Crippen molar-refractivity contribution < 1.29 is 4.79 Å². The van der Waals surface area contributed by atoms with Crippen LogP contribution in [0.15, 0.2) is 12.1 Å². The van der Waals surface area contributed by atoms with Crippen LogP contribution in [-0.4, -0.2) is 11.7 Å². The monoisotopic (exact) mass is 269 g/mol. The van der Waals surface area contributed by atoms with E-state index < -0.39 is 0 Å². The summed E-state index contributed by atoms with van der Waals surface area (Å²) in [4.78, 5) is 11.0. The zero-order chi connectivity index (χ0) is 10.7. The van der Waals surface area contributed by atoms with Crippen LogP contribution in [0.3, 0.4) is 0 Å². The van der Waals surface area contributed by atoms with Gasteiger partial charge in [-0.3, -0.25) is 4.79 Å². The summed E-state index contributed by atoms with van der Waals surface area (Å²) < 4.78 is 0. The molecule has 0 aromatic heterocycles. The van der Waals surface area contributed by atoms with Gasteiger partial charge in [0.1, 0.15) is 0 Å². The third kappa shape index (κ3) is 2.95. The van der Waals surface area contributed by atoms with Gasteiger partial charge in [-0.1, -0.05) is 34.8 Å². The van der Waals surface area contributed by atoms with Crippen molar-refractivity contribution >= 4 is 59.0 Å². The van der Waals surface area contributed by atoms with E-state index in [1.807, 2.05) is 0 Å². The smallest absolute Gasteiger partial charge is 0.234 e. The molecule has 0 saturated carbocycles. The van der Waals surface area contributed by atoms with Crippen molar-refractivity contribution in [3.8, 4) is 0 Å². The molecular weight excluding hydrogens is 265 g/mol. The first kappa shape index (κ1) is 12.0. The number of carbonyl (C=O) groups excluding carboxylic acids is 1. The highest BCUT2D eigenvalue weighted by molar-refractivity contribution is 7.81. The molecule has 76 valence electrons. The second-order valence-corrected chi connectivity index (χ2v) is 4.02. The molecule has 0 aliphatic carbocycles. The second-order valence-electron chi connectivity index (χ2n) is 2.45. The van der Waals surface area contributed by atoms with Crippen molar-refractivity contribution in [2.24, 2.45) is 0 Å². The van der Waals surface area contributed by atoms with Crippen molar-refractivity contribution in [2.45, 2.75) is 0 Å². The van der Waals surface area contributed by atoms with E-state index in [4.69, 9.17) is 34.8 Å². The number of anilines is 1. The maximum atomic E-state index is 11.0. The molecule has 0 spiro atoms. The SMILES string of the molecule is O=C(CS)Nc1c(Cl)cc(Cl)cc1Cl. The molecule has 0 radical (unpaired) electrons. The molecule has 1 aromatic carbocycles. The summed E-state index contributed by atoms with van der Waals surface area (Å²) in [6, 6.07) is 3.01. The van der Waals surface area contributed by atoms with Crippen LogP contribution in [0.4, 0.5) is 5.69 Å². The molecule has 1 aromatic rings. The zero-order valence-electron chi connectivity index (χ0n) is 6.85. The topological polar surface area (TPSA) is 29.1 Å². The van der Waals surface area contributed by atoms with E-state index in [-0.39, 0.29) is 11.7 Å². The fourth-order valence-electron chi connectivity index (χ4n) is 0.841. The van der Waals surface area contributed by atoms with Gasteiger partial charge in [0.25, 0.3) is 0 Å². The molecule has 6 heteroatoms. The Hall–Kier alpha value is -0.0900. The first-order valence-electron chi connectivity index (χ1n) is 3.60. The summed E-state index contributed by atoms with van der Waals surface area (Å²) in [7, 11) is 0. The molecule has 14 heavy (non-hydrogen) atoms. The standard InChI is InChI=1S/C8H6Cl3NOS/c9-4-1-5(10)8(6(11)2-4)12-7(13)3-14/h1-2,14H,3H2,(H,12,13). The third-order valence-corrected chi connectivity index (χ3v) is 2.52. The molecular formula is C8H6Cl3NOS. The fraction of sp³-hybridized carbons (Fsp3) is 0.125. The van der Waals surface area contributed by atoms with Crippen molar-refractivity contribution in [2.75, 3.05) is 11.1 Å². The Morgan fingerprint density at radius 1 is 1.29 bits per heavy atom. The number of hydrogen-bond donors (Lipinski definition) is 2. The number of halogens is 3. The van der Waals surface area contributed by atoms with Crippen LogP contribution in [0.5, 0.6) is 0 Å². The highest BCUT2D eigenvalue weighted by Gasteiger charge is 2.09. The molecule has 1 N–H and O–H groups in total. The van der Waals surface area contributed by atoms with Gasteiger partial charge in [0.15, 0.2) is 0 Å². The lowest BCUT2D eigenvalue weighted by molar-refractivity contribution is -0.113. The molecule has 0 aliphatic heterocycles. The molecule has 0 aliphatic rings. The average Bonchev–Trinajstić information content (AvgIpc) is 2.10. The maximum Gasteiger partial charge on any atom is 0.234 e. The Kier molecular flexibility index (Phi) is 4.38. The zero-order valence-corrected chi connectivity index (χ0v) is 10.0. The van der Waals surface area contributed by atoms with E-state index in [2.05, 4.69) is 17.9 Å². The highest BCUT2D eigenvalue weighted by Crippen LogP contribution is 2.33. The van der Waals surface area contributed by atoms with Gasteiger partial charge in [-0.25, -0.2) is 0 Å². The number of thiol groups is 1. The fourth-order valence-corrected chi connectivity index (χ4v) is 1.83. The summed E-state index contributed by atoms with van der Waals surface area (Å²) in [5.74, 6) is -0.214. The Morgan fingerprint density at radius 2 is 1.79 bits per heavy atom. The minimum absolute atomic E-state index is 0.0648. The molecule has 0 saturated heterocycles. The summed E-state index contributed by atoms with van der Waals surface area (Å²) in [5, 5.41) is 3.54. The van der Waals surface area contributed by atoms with Crippen LogP contribution in [0.1, 0.15) is 0 Å². The van der Waals surface area contributed by atoms with Gasteiger partial charge in [0, 0.05) is 5.02 Å². The molecule has 1 amide bonds. The van der Waals surface area contributed by atoms with Crippen LogP contribution in [0.2, 0.25) is 15.1 Å². The Balaban J connectivity index is 3.02.